The summed E-state index contributed by atoms with van der Waals surface area (Å²) in [6.45, 7) is 9.24. The summed E-state index contributed by atoms with van der Waals surface area (Å²) in [4.78, 5) is 2.40. The highest BCUT2D eigenvalue weighted by Gasteiger charge is 2.22. The Labute approximate surface area is 74.9 Å². The summed E-state index contributed by atoms with van der Waals surface area (Å²) < 4.78 is 5.46. The van der Waals surface area contributed by atoms with Gasteiger partial charge in [-0.05, 0) is 20.8 Å². The molecule has 1 saturated heterocycles. The van der Waals surface area contributed by atoms with Crippen LogP contribution in [0.4, 0.5) is 0 Å². The van der Waals surface area contributed by atoms with Gasteiger partial charge in [0.1, 0.15) is 0 Å². The van der Waals surface area contributed by atoms with Crippen LogP contribution in [-0.4, -0.2) is 42.8 Å². The Morgan fingerprint density at radius 3 is 2.67 bits per heavy atom. The molecule has 1 aliphatic heterocycles. The zero-order valence-corrected chi connectivity index (χ0v) is 8.29. The number of rotatable bonds is 2. The van der Waals surface area contributed by atoms with Gasteiger partial charge in [-0.15, -0.1) is 0 Å². The van der Waals surface area contributed by atoms with E-state index in [9.17, 15) is 0 Å². The number of hydrogen-bond donors (Lipinski definition) is 1. The molecule has 1 rings (SSSR count). The Morgan fingerprint density at radius 1 is 1.50 bits per heavy atom. The minimum absolute atomic E-state index is 0.246. The number of hydrogen-bond acceptors (Lipinski definition) is 3. The van der Waals surface area contributed by atoms with Crippen molar-refractivity contribution in [1.29, 1.82) is 0 Å². The van der Waals surface area contributed by atoms with Crippen LogP contribution < -0.4 is 5.73 Å². The van der Waals surface area contributed by atoms with Crippen LogP contribution in [0.2, 0.25) is 0 Å². The molecule has 3 nitrogen and oxygen atoms in total. The standard InChI is InChI=1S/C9H20N2O/c1-7-6-11(4-5-12-7)9(3)8(2)10/h7-9H,4-6,10H2,1-3H3. The SMILES string of the molecule is CC1CN(C(C)C(C)N)CCO1. The molecule has 1 aliphatic rings. The largest absolute Gasteiger partial charge is 0.376 e. The molecule has 1 heterocycles. The predicted octanol–water partition coefficient (Wildman–Crippen LogP) is 0.443. The first kappa shape index (κ1) is 9.96. The summed E-state index contributed by atoms with van der Waals surface area (Å²) in [6, 6.07) is 0.714. The molecule has 12 heavy (non-hydrogen) atoms. The second-order valence-corrected chi connectivity index (χ2v) is 3.78. The van der Waals surface area contributed by atoms with Crippen LogP contribution in [-0.2, 0) is 4.74 Å². The molecular weight excluding hydrogens is 152 g/mol. The van der Waals surface area contributed by atoms with Crippen molar-refractivity contribution >= 4 is 0 Å². The van der Waals surface area contributed by atoms with E-state index in [0.29, 0.717) is 12.1 Å². The van der Waals surface area contributed by atoms with Gasteiger partial charge in [-0.25, -0.2) is 0 Å². The summed E-state index contributed by atoms with van der Waals surface area (Å²) in [5.74, 6) is 0. The maximum atomic E-state index is 5.83. The van der Waals surface area contributed by atoms with Crippen molar-refractivity contribution in [3.05, 3.63) is 0 Å². The molecule has 0 aliphatic carbocycles. The highest BCUT2D eigenvalue weighted by Crippen LogP contribution is 2.09. The van der Waals surface area contributed by atoms with E-state index >= 15 is 0 Å². The van der Waals surface area contributed by atoms with E-state index in [0.717, 1.165) is 19.7 Å². The Bertz CT molecular complexity index is 138. The molecule has 72 valence electrons. The number of morpholine rings is 1. The molecule has 3 atom stereocenters. The van der Waals surface area contributed by atoms with Crippen LogP contribution in [0.3, 0.4) is 0 Å². The Morgan fingerprint density at radius 2 is 2.17 bits per heavy atom. The van der Waals surface area contributed by atoms with Crippen molar-refractivity contribution in [2.45, 2.75) is 39.0 Å². The molecule has 0 bridgehead atoms. The summed E-state index contributed by atoms with van der Waals surface area (Å²) in [6.07, 6.45) is 0.361. The average Bonchev–Trinajstić information content (AvgIpc) is 2.03. The third-order valence-corrected chi connectivity index (χ3v) is 2.61. The molecule has 3 unspecified atom stereocenters. The lowest BCUT2D eigenvalue weighted by Gasteiger charge is -2.37. The van der Waals surface area contributed by atoms with Gasteiger partial charge < -0.3 is 10.5 Å². The molecule has 3 heteroatoms. The first-order valence-corrected chi connectivity index (χ1v) is 4.72. The van der Waals surface area contributed by atoms with E-state index in [1.807, 2.05) is 0 Å². The smallest absolute Gasteiger partial charge is 0.0674 e. The minimum atomic E-state index is 0.246. The maximum Gasteiger partial charge on any atom is 0.0674 e. The number of nitrogens with two attached hydrogens (primary N) is 1. The summed E-state index contributed by atoms with van der Waals surface area (Å²) in [5, 5.41) is 0. The summed E-state index contributed by atoms with van der Waals surface area (Å²) in [5.41, 5.74) is 5.83. The van der Waals surface area contributed by atoms with Crippen LogP contribution in [0.25, 0.3) is 0 Å². The van der Waals surface area contributed by atoms with Gasteiger partial charge in [0.15, 0.2) is 0 Å². The molecule has 0 saturated carbocycles. The van der Waals surface area contributed by atoms with Gasteiger partial charge in [0.05, 0.1) is 12.7 Å². The zero-order chi connectivity index (χ0) is 9.14. The van der Waals surface area contributed by atoms with E-state index in [-0.39, 0.29) is 6.04 Å². The van der Waals surface area contributed by atoms with Gasteiger partial charge in [-0.1, -0.05) is 0 Å². The van der Waals surface area contributed by atoms with Gasteiger partial charge in [0.25, 0.3) is 0 Å². The maximum absolute atomic E-state index is 5.83. The molecule has 0 radical (unpaired) electrons. The predicted molar refractivity (Wildman–Crippen MR) is 50.1 cm³/mol. The van der Waals surface area contributed by atoms with Crippen molar-refractivity contribution < 1.29 is 4.74 Å². The van der Waals surface area contributed by atoms with E-state index in [4.69, 9.17) is 10.5 Å². The van der Waals surface area contributed by atoms with Crippen LogP contribution >= 0.6 is 0 Å². The highest BCUT2D eigenvalue weighted by atomic mass is 16.5. The van der Waals surface area contributed by atoms with Crippen LogP contribution in [0.1, 0.15) is 20.8 Å². The van der Waals surface area contributed by atoms with Gasteiger partial charge in [0.2, 0.25) is 0 Å². The molecule has 0 aromatic rings. The lowest BCUT2D eigenvalue weighted by molar-refractivity contribution is -0.0340. The van der Waals surface area contributed by atoms with Crippen molar-refractivity contribution in [3.8, 4) is 0 Å². The average molecular weight is 172 g/mol. The van der Waals surface area contributed by atoms with Crippen molar-refractivity contribution in [3.63, 3.8) is 0 Å². The van der Waals surface area contributed by atoms with Crippen molar-refractivity contribution in [2.24, 2.45) is 5.73 Å². The molecule has 1 fully saturated rings. The molecule has 0 amide bonds. The number of ether oxygens (including phenoxy) is 1. The molecule has 0 aromatic carbocycles. The number of nitrogens with zero attached hydrogens (tertiary/aromatic N) is 1. The fourth-order valence-electron chi connectivity index (χ4n) is 1.55. The second kappa shape index (κ2) is 4.21. The second-order valence-electron chi connectivity index (χ2n) is 3.78. The fourth-order valence-corrected chi connectivity index (χ4v) is 1.55. The van der Waals surface area contributed by atoms with Gasteiger partial charge in [-0.3, -0.25) is 4.90 Å². The normalized spacial score (nSPS) is 31.5. The van der Waals surface area contributed by atoms with E-state index in [1.54, 1.807) is 0 Å². The molecule has 0 spiro atoms. The van der Waals surface area contributed by atoms with Gasteiger partial charge in [-0.2, -0.15) is 0 Å². The van der Waals surface area contributed by atoms with E-state index < -0.39 is 0 Å². The molecular formula is C9H20N2O. The lowest BCUT2D eigenvalue weighted by atomic mass is 10.1. The summed E-state index contributed by atoms with van der Waals surface area (Å²) >= 11 is 0. The van der Waals surface area contributed by atoms with E-state index in [1.165, 1.54) is 0 Å². The molecule has 2 N–H and O–H groups in total. The summed E-state index contributed by atoms with van der Waals surface area (Å²) in [7, 11) is 0. The Hall–Kier alpha value is -0.120. The monoisotopic (exact) mass is 172 g/mol. The lowest BCUT2D eigenvalue weighted by Crippen LogP contribution is -2.51. The van der Waals surface area contributed by atoms with Crippen molar-refractivity contribution in [2.75, 3.05) is 19.7 Å². The Kier molecular flexibility index (Phi) is 3.50. The van der Waals surface area contributed by atoms with Crippen LogP contribution in [0, 0.1) is 0 Å². The third kappa shape index (κ3) is 2.44. The quantitative estimate of drug-likeness (QED) is 0.657. The first-order chi connectivity index (χ1) is 5.61. The van der Waals surface area contributed by atoms with Gasteiger partial charge >= 0.3 is 0 Å². The Balaban J connectivity index is 2.40. The zero-order valence-electron chi connectivity index (χ0n) is 8.29. The minimum Gasteiger partial charge on any atom is -0.376 e. The third-order valence-electron chi connectivity index (χ3n) is 2.61. The topological polar surface area (TPSA) is 38.5 Å². The van der Waals surface area contributed by atoms with Crippen LogP contribution in [0.5, 0.6) is 0 Å². The van der Waals surface area contributed by atoms with E-state index in [2.05, 4.69) is 25.7 Å². The van der Waals surface area contributed by atoms with Gasteiger partial charge in [0, 0.05) is 25.2 Å². The van der Waals surface area contributed by atoms with Crippen molar-refractivity contribution in [1.82, 2.24) is 4.90 Å². The van der Waals surface area contributed by atoms with Crippen LogP contribution in [0.15, 0.2) is 0 Å². The fraction of sp³-hybridized carbons (Fsp3) is 1.00. The first-order valence-electron chi connectivity index (χ1n) is 4.72. The molecule has 0 aromatic heterocycles. The highest BCUT2D eigenvalue weighted by molar-refractivity contribution is 4.78.